The van der Waals surface area contributed by atoms with Crippen LogP contribution in [0.2, 0.25) is 0 Å². The fourth-order valence-corrected chi connectivity index (χ4v) is 1.61. The van der Waals surface area contributed by atoms with Gasteiger partial charge in [0.25, 0.3) is 0 Å². The molecule has 1 N–H and O–H groups in total. The smallest absolute Gasteiger partial charge is 0.123 e. The molecule has 0 heterocycles. The molecule has 0 saturated carbocycles. The lowest BCUT2D eigenvalue weighted by molar-refractivity contribution is 0.0976. The number of rotatable bonds is 4. The molecule has 0 bridgehead atoms. The van der Waals surface area contributed by atoms with Crippen molar-refractivity contribution in [2.75, 3.05) is 13.2 Å². The van der Waals surface area contributed by atoms with Crippen molar-refractivity contribution < 1.29 is 14.2 Å². The van der Waals surface area contributed by atoms with Gasteiger partial charge in [-0.05, 0) is 35.0 Å². The summed E-state index contributed by atoms with van der Waals surface area (Å²) >= 11 is 0. The summed E-state index contributed by atoms with van der Waals surface area (Å²) in [7, 11) is 0. The monoisotopic (exact) mass is 248 g/mol. The van der Waals surface area contributed by atoms with Gasteiger partial charge in [-0.15, -0.1) is 0 Å². The Morgan fingerprint density at radius 1 is 1.11 bits per heavy atom. The first-order valence-electron chi connectivity index (χ1n) is 5.93. The largest absolute Gasteiger partial charge is 0.493 e. The first kappa shape index (κ1) is 12.8. The molecule has 0 atom stereocenters. The third-order valence-electron chi connectivity index (χ3n) is 2.83. The summed E-state index contributed by atoms with van der Waals surface area (Å²) in [6, 6.07) is 10.2. The molecule has 0 aliphatic rings. The molecular weight excluding hydrogens is 231 g/mol. The van der Waals surface area contributed by atoms with Crippen LogP contribution in [0.15, 0.2) is 36.4 Å². The number of ether oxygens (including phenoxy) is 1. The summed E-state index contributed by atoms with van der Waals surface area (Å²) in [5.74, 6) is 0.435. The summed E-state index contributed by atoms with van der Waals surface area (Å²) in [6.45, 7) is 4.33. The molecule has 0 aromatic heterocycles. The molecule has 0 aliphatic carbocycles. The van der Waals surface area contributed by atoms with E-state index in [-0.39, 0.29) is 17.8 Å². The zero-order chi connectivity index (χ0) is 13.2. The van der Waals surface area contributed by atoms with Gasteiger partial charge in [-0.25, -0.2) is 4.39 Å². The Morgan fingerprint density at radius 3 is 2.56 bits per heavy atom. The van der Waals surface area contributed by atoms with Crippen LogP contribution in [0.1, 0.15) is 13.8 Å². The number of aliphatic hydroxyl groups excluding tert-OH is 1. The van der Waals surface area contributed by atoms with Gasteiger partial charge in [-0.3, -0.25) is 0 Å². The van der Waals surface area contributed by atoms with Gasteiger partial charge in [0.15, 0.2) is 0 Å². The van der Waals surface area contributed by atoms with Crippen LogP contribution in [0.5, 0.6) is 5.75 Å². The number of aliphatic hydroxyl groups is 1. The van der Waals surface area contributed by atoms with E-state index in [1.165, 1.54) is 12.1 Å². The molecule has 2 aromatic carbocycles. The molecule has 18 heavy (non-hydrogen) atoms. The van der Waals surface area contributed by atoms with Crippen molar-refractivity contribution in [3.05, 3.63) is 42.2 Å². The zero-order valence-corrected chi connectivity index (χ0v) is 10.6. The minimum absolute atomic E-state index is 0.0647. The van der Waals surface area contributed by atoms with E-state index in [1.54, 1.807) is 6.07 Å². The van der Waals surface area contributed by atoms with E-state index >= 15 is 0 Å². The summed E-state index contributed by atoms with van der Waals surface area (Å²) in [4.78, 5) is 0. The van der Waals surface area contributed by atoms with Crippen LogP contribution in [-0.2, 0) is 0 Å². The topological polar surface area (TPSA) is 29.5 Å². The van der Waals surface area contributed by atoms with E-state index in [9.17, 15) is 4.39 Å². The second kappa shape index (κ2) is 4.94. The van der Waals surface area contributed by atoms with Crippen molar-refractivity contribution in [2.45, 2.75) is 13.8 Å². The number of benzene rings is 2. The summed E-state index contributed by atoms with van der Waals surface area (Å²) in [5, 5.41) is 10.9. The second-order valence-corrected chi connectivity index (χ2v) is 5.26. The summed E-state index contributed by atoms with van der Waals surface area (Å²) < 4.78 is 18.8. The Hall–Kier alpha value is -1.61. The number of hydrogen-bond acceptors (Lipinski definition) is 2. The molecule has 3 heteroatoms. The van der Waals surface area contributed by atoms with Crippen molar-refractivity contribution >= 4 is 10.8 Å². The minimum atomic E-state index is -0.281. The van der Waals surface area contributed by atoms with Crippen molar-refractivity contribution in [3.63, 3.8) is 0 Å². The molecule has 0 spiro atoms. The van der Waals surface area contributed by atoms with Gasteiger partial charge in [0, 0.05) is 5.41 Å². The van der Waals surface area contributed by atoms with Gasteiger partial charge in [0.2, 0.25) is 0 Å². The highest BCUT2D eigenvalue weighted by molar-refractivity contribution is 5.83. The fraction of sp³-hybridized carbons (Fsp3) is 0.333. The standard InChI is InChI=1S/C15H17FO2/c1-15(2,9-17)10-18-14-6-4-11-3-5-13(16)7-12(11)8-14/h3-8,17H,9-10H2,1-2H3. The van der Waals surface area contributed by atoms with Crippen molar-refractivity contribution in [3.8, 4) is 5.75 Å². The molecule has 2 aromatic rings. The Morgan fingerprint density at radius 2 is 1.83 bits per heavy atom. The van der Waals surface area contributed by atoms with Crippen LogP contribution in [0.25, 0.3) is 10.8 Å². The third-order valence-corrected chi connectivity index (χ3v) is 2.83. The molecule has 2 rings (SSSR count). The second-order valence-electron chi connectivity index (χ2n) is 5.26. The molecule has 0 saturated heterocycles. The van der Waals surface area contributed by atoms with Gasteiger partial charge in [-0.2, -0.15) is 0 Å². The van der Waals surface area contributed by atoms with Crippen LogP contribution in [0, 0.1) is 11.2 Å². The summed E-state index contributed by atoms with van der Waals surface area (Å²) in [6.07, 6.45) is 0. The molecular formula is C15H17FO2. The number of hydrogen-bond donors (Lipinski definition) is 1. The van der Waals surface area contributed by atoms with Crippen LogP contribution in [-0.4, -0.2) is 18.3 Å². The quantitative estimate of drug-likeness (QED) is 0.898. The van der Waals surface area contributed by atoms with Crippen LogP contribution in [0.4, 0.5) is 4.39 Å². The fourth-order valence-electron chi connectivity index (χ4n) is 1.61. The molecule has 96 valence electrons. The van der Waals surface area contributed by atoms with Gasteiger partial charge >= 0.3 is 0 Å². The van der Waals surface area contributed by atoms with Gasteiger partial charge < -0.3 is 9.84 Å². The predicted molar refractivity (Wildman–Crippen MR) is 70.3 cm³/mol. The van der Waals surface area contributed by atoms with Gasteiger partial charge in [0.1, 0.15) is 11.6 Å². The van der Waals surface area contributed by atoms with Crippen molar-refractivity contribution in [2.24, 2.45) is 5.41 Å². The highest BCUT2D eigenvalue weighted by atomic mass is 19.1. The number of halogens is 1. The normalized spacial score (nSPS) is 11.8. The van der Waals surface area contributed by atoms with E-state index in [2.05, 4.69) is 0 Å². The van der Waals surface area contributed by atoms with Crippen LogP contribution < -0.4 is 4.74 Å². The molecule has 0 aliphatic heterocycles. The predicted octanol–water partition coefficient (Wildman–Crippen LogP) is 3.38. The molecule has 0 unspecified atom stereocenters. The first-order valence-corrected chi connectivity index (χ1v) is 5.93. The maximum absolute atomic E-state index is 13.1. The lowest BCUT2D eigenvalue weighted by Gasteiger charge is -2.21. The van der Waals surface area contributed by atoms with Crippen molar-refractivity contribution in [1.82, 2.24) is 0 Å². The lowest BCUT2D eigenvalue weighted by Crippen LogP contribution is -2.25. The van der Waals surface area contributed by atoms with E-state index in [4.69, 9.17) is 9.84 Å². The first-order chi connectivity index (χ1) is 8.50. The lowest BCUT2D eigenvalue weighted by atomic mass is 9.96. The van der Waals surface area contributed by atoms with Gasteiger partial charge in [0.05, 0.1) is 13.2 Å². The summed E-state index contributed by atoms with van der Waals surface area (Å²) in [5.41, 5.74) is -0.281. The maximum atomic E-state index is 13.1. The average Bonchev–Trinajstić information content (AvgIpc) is 2.36. The SMILES string of the molecule is CC(C)(CO)COc1ccc2ccc(F)cc2c1. The molecule has 0 fully saturated rings. The van der Waals surface area contributed by atoms with E-state index in [0.717, 1.165) is 10.8 Å². The average molecular weight is 248 g/mol. The Bertz CT molecular complexity index is 549. The number of fused-ring (bicyclic) bond motifs is 1. The van der Waals surface area contributed by atoms with E-state index in [1.807, 2.05) is 32.0 Å². The van der Waals surface area contributed by atoms with Gasteiger partial charge in [-0.1, -0.05) is 26.0 Å². The Balaban J connectivity index is 2.19. The highest BCUT2D eigenvalue weighted by Crippen LogP contribution is 2.23. The minimum Gasteiger partial charge on any atom is -0.493 e. The van der Waals surface area contributed by atoms with Crippen LogP contribution in [0.3, 0.4) is 0 Å². The molecule has 0 amide bonds. The molecule has 2 nitrogen and oxygen atoms in total. The Kier molecular flexibility index (Phi) is 3.53. The molecule has 0 radical (unpaired) electrons. The van der Waals surface area contributed by atoms with E-state index in [0.29, 0.717) is 12.4 Å². The zero-order valence-electron chi connectivity index (χ0n) is 10.6. The third kappa shape index (κ3) is 2.99. The highest BCUT2D eigenvalue weighted by Gasteiger charge is 2.17. The van der Waals surface area contributed by atoms with E-state index < -0.39 is 0 Å². The van der Waals surface area contributed by atoms with Crippen LogP contribution >= 0.6 is 0 Å². The van der Waals surface area contributed by atoms with Crippen molar-refractivity contribution in [1.29, 1.82) is 0 Å². The Labute approximate surface area is 106 Å². The maximum Gasteiger partial charge on any atom is 0.123 e.